The highest BCUT2D eigenvalue weighted by Crippen LogP contribution is 2.34. The molecule has 8 nitrogen and oxygen atoms in total. The number of imide groups is 2. The van der Waals surface area contributed by atoms with Crippen molar-refractivity contribution >= 4 is 23.6 Å². The Hall–Kier alpha value is -2.58. The van der Waals surface area contributed by atoms with Gasteiger partial charge in [-0.15, -0.1) is 0 Å². The number of hydrogen-bond acceptors (Lipinski definition) is 6. The minimum atomic E-state index is -0.928. The summed E-state index contributed by atoms with van der Waals surface area (Å²) >= 11 is 0. The Morgan fingerprint density at radius 2 is 1.77 bits per heavy atom. The maximum absolute atomic E-state index is 13.4. The number of hydrogen-bond donors (Lipinski definition) is 2. The van der Waals surface area contributed by atoms with Gasteiger partial charge in [-0.25, -0.2) is 0 Å². The molecule has 0 bridgehead atoms. The summed E-state index contributed by atoms with van der Waals surface area (Å²) < 4.78 is 0. The second-order valence-electron chi connectivity index (χ2n) is 9.04. The first-order chi connectivity index (χ1) is 15.0. The van der Waals surface area contributed by atoms with Crippen molar-refractivity contribution in [2.75, 3.05) is 13.1 Å². The highest BCUT2D eigenvalue weighted by Gasteiger charge is 2.46. The Bertz CT molecular complexity index is 936. The van der Waals surface area contributed by atoms with Gasteiger partial charge in [0.15, 0.2) is 0 Å². The summed E-state index contributed by atoms with van der Waals surface area (Å²) in [6, 6.07) is 5.43. The van der Waals surface area contributed by atoms with Gasteiger partial charge in [0.2, 0.25) is 11.8 Å². The first kappa shape index (κ1) is 20.3. The average Bonchev–Trinajstić information content (AvgIpc) is 2.98. The number of fused-ring (bicyclic) bond motifs is 1. The van der Waals surface area contributed by atoms with Crippen LogP contribution in [0.5, 0.6) is 0 Å². The molecule has 31 heavy (non-hydrogen) atoms. The van der Waals surface area contributed by atoms with Gasteiger partial charge >= 0.3 is 0 Å². The van der Waals surface area contributed by atoms with Gasteiger partial charge in [0, 0.05) is 31.6 Å². The lowest BCUT2D eigenvalue weighted by atomic mass is 9.88. The molecule has 164 valence electrons. The highest BCUT2D eigenvalue weighted by atomic mass is 16.2. The molecule has 4 aliphatic rings. The predicted molar refractivity (Wildman–Crippen MR) is 112 cm³/mol. The van der Waals surface area contributed by atoms with Crippen LogP contribution in [-0.4, -0.2) is 64.6 Å². The van der Waals surface area contributed by atoms with E-state index in [9.17, 15) is 19.2 Å². The zero-order chi connectivity index (χ0) is 21.5. The van der Waals surface area contributed by atoms with Crippen LogP contribution < -0.4 is 10.6 Å². The number of amides is 4. The van der Waals surface area contributed by atoms with E-state index in [4.69, 9.17) is 0 Å². The molecule has 8 heteroatoms. The molecular formula is C23H28N4O4. The van der Waals surface area contributed by atoms with Crippen molar-refractivity contribution in [3.05, 3.63) is 34.9 Å². The molecule has 3 heterocycles. The Kier molecular flexibility index (Phi) is 5.35. The summed E-state index contributed by atoms with van der Waals surface area (Å²) in [6.07, 6.45) is 6.14. The van der Waals surface area contributed by atoms with Crippen LogP contribution >= 0.6 is 0 Å². The number of benzene rings is 1. The Morgan fingerprint density at radius 3 is 2.45 bits per heavy atom. The van der Waals surface area contributed by atoms with E-state index in [2.05, 4.69) is 15.5 Å². The maximum atomic E-state index is 13.4. The van der Waals surface area contributed by atoms with E-state index in [1.807, 2.05) is 12.1 Å². The standard InChI is InChI=1S/C23H28N4O4/c28-19-10-9-18(21(29)25-19)27-22(30)17-8-1-4-14(20(17)23(27)31)13-26(15-5-2-6-15)16-7-3-11-24-12-16/h1,4,8,15-16,18,24H,2-3,5-7,9-13H2,(H,25,28,29). The van der Waals surface area contributed by atoms with Gasteiger partial charge in [0.05, 0.1) is 11.1 Å². The lowest BCUT2D eigenvalue weighted by Crippen LogP contribution is -2.54. The van der Waals surface area contributed by atoms with E-state index in [1.165, 1.54) is 19.3 Å². The first-order valence-corrected chi connectivity index (χ1v) is 11.3. The number of nitrogens with one attached hydrogen (secondary N) is 2. The van der Waals surface area contributed by atoms with E-state index in [1.54, 1.807) is 6.07 Å². The van der Waals surface area contributed by atoms with Crippen molar-refractivity contribution in [3.8, 4) is 0 Å². The molecule has 0 aromatic heterocycles. The van der Waals surface area contributed by atoms with Crippen molar-refractivity contribution in [1.29, 1.82) is 0 Å². The summed E-state index contributed by atoms with van der Waals surface area (Å²) in [5, 5.41) is 5.74. The van der Waals surface area contributed by atoms with Crippen LogP contribution in [-0.2, 0) is 16.1 Å². The van der Waals surface area contributed by atoms with Crippen LogP contribution in [0.25, 0.3) is 0 Å². The van der Waals surface area contributed by atoms with E-state index in [0.717, 1.165) is 36.4 Å². The van der Waals surface area contributed by atoms with Crippen LogP contribution in [0.2, 0.25) is 0 Å². The summed E-state index contributed by atoms with van der Waals surface area (Å²) in [7, 11) is 0. The van der Waals surface area contributed by atoms with Gasteiger partial charge in [-0.3, -0.25) is 34.3 Å². The topological polar surface area (TPSA) is 98.8 Å². The van der Waals surface area contributed by atoms with Gasteiger partial charge in [0.1, 0.15) is 6.04 Å². The second-order valence-corrected chi connectivity index (χ2v) is 9.04. The summed E-state index contributed by atoms with van der Waals surface area (Å²) in [5.74, 6) is -1.79. The number of piperidine rings is 2. The third-order valence-corrected chi connectivity index (χ3v) is 7.19. The fourth-order valence-electron chi connectivity index (χ4n) is 5.30. The van der Waals surface area contributed by atoms with Crippen LogP contribution in [0.3, 0.4) is 0 Å². The molecule has 2 saturated heterocycles. The fourth-order valence-corrected chi connectivity index (χ4v) is 5.30. The average molecular weight is 425 g/mol. The first-order valence-electron chi connectivity index (χ1n) is 11.3. The quantitative estimate of drug-likeness (QED) is 0.689. The van der Waals surface area contributed by atoms with Gasteiger partial charge in [-0.2, -0.15) is 0 Å². The van der Waals surface area contributed by atoms with Crippen molar-refractivity contribution in [1.82, 2.24) is 20.4 Å². The number of rotatable bonds is 5. The smallest absolute Gasteiger partial charge is 0.262 e. The maximum Gasteiger partial charge on any atom is 0.262 e. The molecule has 1 aromatic rings. The lowest BCUT2D eigenvalue weighted by molar-refractivity contribution is -0.136. The normalized spacial score (nSPS) is 26.8. The van der Waals surface area contributed by atoms with Crippen molar-refractivity contribution in [2.45, 2.75) is 69.6 Å². The summed E-state index contributed by atoms with van der Waals surface area (Å²) in [4.78, 5) is 53.9. The van der Waals surface area contributed by atoms with Gasteiger partial charge < -0.3 is 5.32 Å². The van der Waals surface area contributed by atoms with E-state index in [0.29, 0.717) is 29.8 Å². The molecule has 3 fully saturated rings. The number of carbonyl (C=O) groups excluding carboxylic acids is 4. The largest absolute Gasteiger partial charge is 0.315 e. The lowest BCUT2D eigenvalue weighted by Gasteiger charge is -2.44. The Balaban J connectivity index is 1.43. The SMILES string of the molecule is O=C1CCC(N2C(=O)c3cccc(CN(C4CCC4)C4CCCNC4)c3C2=O)C(=O)N1. The van der Waals surface area contributed by atoms with Crippen LogP contribution in [0.15, 0.2) is 18.2 Å². The Labute approximate surface area is 181 Å². The fraction of sp³-hybridized carbons (Fsp3) is 0.565. The number of carbonyl (C=O) groups is 4. The van der Waals surface area contributed by atoms with Crippen LogP contribution in [0, 0.1) is 0 Å². The summed E-state index contributed by atoms with van der Waals surface area (Å²) in [5.41, 5.74) is 1.64. The van der Waals surface area contributed by atoms with Gasteiger partial charge in [-0.1, -0.05) is 18.6 Å². The van der Waals surface area contributed by atoms with Crippen molar-refractivity contribution < 1.29 is 19.2 Å². The van der Waals surface area contributed by atoms with E-state index < -0.39 is 23.8 Å². The molecule has 1 saturated carbocycles. The molecule has 2 N–H and O–H groups in total. The van der Waals surface area contributed by atoms with Gasteiger partial charge in [-0.05, 0) is 50.3 Å². The molecule has 0 radical (unpaired) electrons. The molecule has 4 amide bonds. The molecule has 3 aliphatic heterocycles. The van der Waals surface area contributed by atoms with Crippen LogP contribution in [0.1, 0.15) is 71.2 Å². The molecular weight excluding hydrogens is 396 g/mol. The third-order valence-electron chi connectivity index (χ3n) is 7.19. The van der Waals surface area contributed by atoms with Crippen LogP contribution in [0.4, 0.5) is 0 Å². The predicted octanol–water partition coefficient (Wildman–Crippen LogP) is 1.19. The minimum Gasteiger partial charge on any atom is -0.315 e. The van der Waals surface area contributed by atoms with E-state index >= 15 is 0 Å². The molecule has 5 rings (SSSR count). The minimum absolute atomic E-state index is 0.126. The summed E-state index contributed by atoms with van der Waals surface area (Å²) in [6.45, 7) is 2.62. The molecule has 2 atom stereocenters. The van der Waals surface area contributed by atoms with Gasteiger partial charge in [0.25, 0.3) is 11.8 Å². The van der Waals surface area contributed by atoms with Crippen molar-refractivity contribution in [2.24, 2.45) is 0 Å². The molecule has 0 spiro atoms. The number of nitrogens with zero attached hydrogens (tertiary/aromatic N) is 2. The second kappa shape index (κ2) is 8.16. The molecule has 1 aliphatic carbocycles. The van der Waals surface area contributed by atoms with E-state index in [-0.39, 0.29) is 18.7 Å². The third kappa shape index (κ3) is 3.57. The zero-order valence-electron chi connectivity index (χ0n) is 17.6. The Morgan fingerprint density at radius 1 is 0.968 bits per heavy atom. The van der Waals surface area contributed by atoms with Crippen molar-refractivity contribution in [3.63, 3.8) is 0 Å². The zero-order valence-corrected chi connectivity index (χ0v) is 17.6. The highest BCUT2D eigenvalue weighted by molar-refractivity contribution is 6.24. The monoisotopic (exact) mass is 424 g/mol. The molecule has 2 unspecified atom stereocenters. The molecule has 1 aromatic carbocycles.